The smallest absolute Gasteiger partial charge is 0.377 e. The van der Waals surface area contributed by atoms with Gasteiger partial charge in [-0.25, -0.2) is 0 Å². The van der Waals surface area contributed by atoms with Crippen LogP contribution in [-0.4, -0.2) is 19.8 Å². The van der Waals surface area contributed by atoms with Crippen molar-refractivity contribution in [2.45, 2.75) is 0 Å². The molecule has 0 spiro atoms. The van der Waals surface area contributed by atoms with Crippen LogP contribution in [0.1, 0.15) is 0 Å². The maximum atomic E-state index is 10.3. The number of nitrogen functional groups attached to an aromatic ring is 2. The normalized spacial score (nSPS) is 9.71. The highest BCUT2D eigenvalue weighted by Gasteiger charge is 2.24. The maximum absolute atomic E-state index is 10.3. The Hall–Kier alpha value is -2.52. The first-order valence-corrected chi connectivity index (χ1v) is 3.15. The van der Waals surface area contributed by atoms with E-state index in [2.05, 4.69) is 9.97 Å². The fraction of sp³-hybridized carbons (Fsp3) is 0. The fourth-order valence-corrected chi connectivity index (χ4v) is 0.713. The quantitative estimate of drug-likeness (QED) is 0.474. The van der Waals surface area contributed by atoms with Crippen LogP contribution in [0.5, 0.6) is 0 Å². The molecular weight excluding hydrogens is 196 g/mol. The van der Waals surface area contributed by atoms with Crippen LogP contribution in [0.15, 0.2) is 0 Å². The molecule has 0 saturated heterocycles. The number of nitrogens with zero attached hydrogens (tertiary/aromatic N) is 4. The van der Waals surface area contributed by atoms with Gasteiger partial charge in [-0.1, -0.05) is 0 Å². The third-order valence-electron chi connectivity index (χ3n) is 1.26. The average molecular weight is 200 g/mol. The van der Waals surface area contributed by atoms with Crippen LogP contribution in [0.3, 0.4) is 0 Å². The summed E-state index contributed by atoms with van der Waals surface area (Å²) >= 11 is 0. The van der Waals surface area contributed by atoms with Crippen LogP contribution in [0.4, 0.5) is 23.3 Å². The lowest BCUT2D eigenvalue weighted by atomic mass is 10.5. The summed E-state index contributed by atoms with van der Waals surface area (Å²) in [6.07, 6.45) is 0. The van der Waals surface area contributed by atoms with E-state index in [0.717, 1.165) is 0 Å². The molecule has 10 nitrogen and oxygen atoms in total. The summed E-state index contributed by atoms with van der Waals surface area (Å²) in [5.74, 6) is -2.88. The van der Waals surface area contributed by atoms with Gasteiger partial charge in [-0.2, -0.15) is 4.98 Å². The zero-order chi connectivity index (χ0) is 10.9. The molecule has 10 heteroatoms. The Bertz CT molecular complexity index is 381. The molecule has 0 bridgehead atoms. The van der Waals surface area contributed by atoms with E-state index in [1.165, 1.54) is 0 Å². The van der Waals surface area contributed by atoms with Gasteiger partial charge in [0.1, 0.15) is 0 Å². The fourth-order valence-electron chi connectivity index (χ4n) is 0.713. The van der Waals surface area contributed by atoms with Gasteiger partial charge in [-0.15, -0.1) is 0 Å². The minimum absolute atomic E-state index is 0.557. The Kier molecular flexibility index (Phi) is 2.11. The van der Waals surface area contributed by atoms with E-state index in [1.807, 2.05) is 0 Å². The van der Waals surface area contributed by atoms with Gasteiger partial charge in [0.25, 0.3) is 0 Å². The molecule has 0 radical (unpaired) electrons. The minimum Gasteiger partial charge on any atom is -0.377 e. The number of nitrogens with two attached hydrogens (primary N) is 2. The van der Waals surface area contributed by atoms with Crippen LogP contribution in [0, 0.1) is 20.2 Å². The van der Waals surface area contributed by atoms with Crippen LogP contribution in [0.2, 0.25) is 0 Å². The molecule has 1 aromatic rings. The monoisotopic (exact) mass is 200 g/mol. The Morgan fingerprint density at radius 2 is 1.29 bits per heavy atom. The molecule has 1 rings (SSSR count). The number of aromatic nitrogens is 2. The molecule has 4 N–H and O–H groups in total. The van der Waals surface area contributed by atoms with Crippen molar-refractivity contribution in [3.63, 3.8) is 0 Å². The molecule has 74 valence electrons. The van der Waals surface area contributed by atoms with E-state index in [1.54, 1.807) is 0 Å². The lowest BCUT2D eigenvalue weighted by Crippen LogP contribution is -2.08. The predicted molar refractivity (Wildman–Crippen MR) is 44.2 cm³/mol. The third-order valence-corrected chi connectivity index (χ3v) is 1.26. The molecular formula is C4H4N6O4. The first-order chi connectivity index (χ1) is 6.43. The van der Waals surface area contributed by atoms with E-state index in [0.29, 0.717) is 0 Å². The third kappa shape index (κ3) is 1.48. The molecule has 0 aliphatic heterocycles. The Balaban J connectivity index is 3.42. The van der Waals surface area contributed by atoms with E-state index in [-0.39, 0.29) is 0 Å². The SMILES string of the molecule is Nc1nc(N)c([N+](=O)[O-])nc1[N+](=O)[O-]. The summed E-state index contributed by atoms with van der Waals surface area (Å²) in [6.45, 7) is 0. The minimum atomic E-state index is -0.977. The molecule has 1 aromatic heterocycles. The van der Waals surface area contributed by atoms with Crippen molar-refractivity contribution >= 4 is 23.3 Å². The zero-order valence-electron chi connectivity index (χ0n) is 6.58. The van der Waals surface area contributed by atoms with Gasteiger partial charge in [0.15, 0.2) is 0 Å². The first kappa shape index (κ1) is 9.57. The van der Waals surface area contributed by atoms with Gasteiger partial charge in [-0.05, 0) is 9.85 Å². The Morgan fingerprint density at radius 1 is 0.929 bits per heavy atom. The van der Waals surface area contributed by atoms with Crippen LogP contribution < -0.4 is 11.5 Å². The van der Waals surface area contributed by atoms with E-state index in [4.69, 9.17) is 11.5 Å². The van der Waals surface area contributed by atoms with Crippen LogP contribution in [0.25, 0.3) is 0 Å². The van der Waals surface area contributed by atoms with Gasteiger partial charge in [-0.3, -0.25) is 0 Å². The van der Waals surface area contributed by atoms with Crippen LogP contribution >= 0.6 is 0 Å². The highest BCUT2D eigenvalue weighted by atomic mass is 16.6. The Labute approximate surface area is 75.9 Å². The van der Waals surface area contributed by atoms with Gasteiger partial charge in [0.2, 0.25) is 11.6 Å². The molecule has 0 atom stereocenters. The van der Waals surface area contributed by atoms with Gasteiger partial charge in [0, 0.05) is 4.98 Å². The molecule has 0 saturated carbocycles. The molecule has 0 unspecified atom stereocenters. The summed E-state index contributed by atoms with van der Waals surface area (Å²) in [6, 6.07) is 0. The molecule has 0 aliphatic carbocycles. The van der Waals surface area contributed by atoms with Crippen molar-refractivity contribution < 1.29 is 9.85 Å². The van der Waals surface area contributed by atoms with E-state index < -0.39 is 33.1 Å². The second-order valence-electron chi connectivity index (χ2n) is 2.16. The Morgan fingerprint density at radius 3 is 1.57 bits per heavy atom. The van der Waals surface area contributed by atoms with Crippen molar-refractivity contribution in [1.82, 2.24) is 9.97 Å². The van der Waals surface area contributed by atoms with Gasteiger partial charge < -0.3 is 31.7 Å². The highest BCUT2D eigenvalue weighted by molar-refractivity contribution is 5.58. The molecule has 0 amide bonds. The molecule has 1 heterocycles. The standard InChI is InChI=1S/C4H4N6O4/c5-1-3(9(11)12)8-4(10(13)14)2(6)7-1/h(H4,5,6,7). The number of rotatable bonds is 2. The second kappa shape index (κ2) is 3.08. The lowest BCUT2D eigenvalue weighted by molar-refractivity contribution is -0.402. The van der Waals surface area contributed by atoms with Gasteiger partial charge >= 0.3 is 11.6 Å². The predicted octanol–water partition coefficient (Wildman–Crippen LogP) is -0.543. The summed E-state index contributed by atoms with van der Waals surface area (Å²) < 4.78 is 0. The maximum Gasteiger partial charge on any atom is 0.411 e. The number of hydrogen-bond donors (Lipinski definition) is 2. The number of hydrogen-bond acceptors (Lipinski definition) is 8. The topological polar surface area (TPSA) is 164 Å². The first-order valence-electron chi connectivity index (χ1n) is 3.15. The summed E-state index contributed by atoms with van der Waals surface area (Å²) in [4.78, 5) is 24.9. The molecule has 0 aromatic carbocycles. The lowest BCUT2D eigenvalue weighted by Gasteiger charge is -1.99. The van der Waals surface area contributed by atoms with Crippen molar-refractivity contribution in [3.8, 4) is 0 Å². The average Bonchev–Trinajstić information content (AvgIpc) is 2.02. The number of anilines is 2. The van der Waals surface area contributed by atoms with Crippen LogP contribution in [-0.2, 0) is 0 Å². The largest absolute Gasteiger partial charge is 0.411 e. The van der Waals surface area contributed by atoms with Crippen molar-refractivity contribution in [2.24, 2.45) is 0 Å². The van der Waals surface area contributed by atoms with E-state index >= 15 is 0 Å². The van der Waals surface area contributed by atoms with Crippen molar-refractivity contribution in [3.05, 3.63) is 20.2 Å². The molecule has 0 fully saturated rings. The molecule has 0 aliphatic rings. The summed E-state index contributed by atoms with van der Waals surface area (Å²) in [5, 5.41) is 20.5. The summed E-state index contributed by atoms with van der Waals surface area (Å²) in [5.41, 5.74) is 10.1. The highest BCUT2D eigenvalue weighted by Crippen LogP contribution is 2.23. The van der Waals surface area contributed by atoms with Gasteiger partial charge in [0.05, 0.1) is 0 Å². The molecule has 14 heavy (non-hydrogen) atoms. The van der Waals surface area contributed by atoms with Crippen molar-refractivity contribution in [2.75, 3.05) is 11.5 Å². The number of nitro groups is 2. The van der Waals surface area contributed by atoms with Crippen molar-refractivity contribution in [1.29, 1.82) is 0 Å². The van der Waals surface area contributed by atoms with E-state index in [9.17, 15) is 20.2 Å². The second-order valence-corrected chi connectivity index (χ2v) is 2.16. The zero-order valence-corrected chi connectivity index (χ0v) is 6.58. The summed E-state index contributed by atoms with van der Waals surface area (Å²) in [7, 11) is 0.